The zero-order valence-electron chi connectivity index (χ0n) is 11.9. The molecule has 0 aromatic carbocycles. The third kappa shape index (κ3) is 2.85. The van der Waals surface area contributed by atoms with Crippen LogP contribution in [0.2, 0.25) is 0 Å². The second kappa shape index (κ2) is 4.14. The molecule has 0 spiro atoms. The fourth-order valence-electron chi connectivity index (χ4n) is 1.58. The Balaban J connectivity index is 3.32. The predicted octanol–water partition coefficient (Wildman–Crippen LogP) is 4.86. The minimum absolute atomic E-state index is 0.152. The van der Waals surface area contributed by atoms with E-state index in [4.69, 9.17) is 4.98 Å². The molecule has 0 aliphatic rings. The van der Waals surface area contributed by atoms with Gasteiger partial charge in [-0.1, -0.05) is 55.4 Å². The van der Waals surface area contributed by atoms with Crippen LogP contribution >= 0.6 is 11.3 Å². The summed E-state index contributed by atoms with van der Waals surface area (Å²) in [4.78, 5) is 6.35. The Morgan fingerprint density at radius 3 is 1.69 bits per heavy atom. The number of hydrogen-bond acceptors (Lipinski definition) is 2. The molecule has 1 aromatic heterocycles. The smallest absolute Gasteiger partial charge is 0.0984 e. The molecule has 1 rings (SSSR count). The van der Waals surface area contributed by atoms with Crippen molar-refractivity contribution >= 4 is 11.3 Å². The minimum atomic E-state index is 0.152. The number of aromatic nitrogens is 1. The maximum absolute atomic E-state index is 4.89. The third-order valence-corrected chi connectivity index (χ3v) is 4.31. The molecule has 92 valence electrons. The van der Waals surface area contributed by atoms with Crippen LogP contribution in [-0.4, -0.2) is 4.98 Å². The first-order valence-corrected chi connectivity index (χ1v) is 6.87. The first kappa shape index (κ1) is 13.7. The van der Waals surface area contributed by atoms with Crippen LogP contribution in [0.25, 0.3) is 0 Å². The summed E-state index contributed by atoms with van der Waals surface area (Å²) in [6.45, 7) is 18.0. The molecule has 0 fully saturated rings. The molecule has 0 saturated carbocycles. The summed E-state index contributed by atoms with van der Waals surface area (Å²) < 4.78 is 0. The average Bonchev–Trinajstić information content (AvgIpc) is 2.44. The lowest BCUT2D eigenvalue weighted by atomic mass is 9.89. The van der Waals surface area contributed by atoms with Crippen molar-refractivity contribution in [3.8, 4) is 0 Å². The predicted molar refractivity (Wildman–Crippen MR) is 73.6 cm³/mol. The molecule has 16 heavy (non-hydrogen) atoms. The molecule has 1 nitrogen and oxygen atoms in total. The van der Waals surface area contributed by atoms with Gasteiger partial charge < -0.3 is 0 Å². The van der Waals surface area contributed by atoms with E-state index in [-0.39, 0.29) is 10.8 Å². The number of thiazole rings is 1. The standard InChI is InChI=1S/C14H25NS/c1-9(2)10-11(13(3,4)5)15-12(16-10)14(6,7)8/h9H,1-8H3. The molecule has 1 aromatic rings. The molecule has 0 saturated heterocycles. The monoisotopic (exact) mass is 239 g/mol. The first-order chi connectivity index (χ1) is 7.03. The highest BCUT2D eigenvalue weighted by atomic mass is 32.1. The van der Waals surface area contributed by atoms with Gasteiger partial charge in [0.2, 0.25) is 0 Å². The summed E-state index contributed by atoms with van der Waals surface area (Å²) in [6, 6.07) is 0. The van der Waals surface area contributed by atoms with Crippen LogP contribution in [0.3, 0.4) is 0 Å². The van der Waals surface area contributed by atoms with Gasteiger partial charge in [0.05, 0.1) is 10.7 Å². The SMILES string of the molecule is CC(C)c1sc(C(C)(C)C)nc1C(C)(C)C. The van der Waals surface area contributed by atoms with Crippen molar-refractivity contribution in [1.82, 2.24) is 4.98 Å². The van der Waals surface area contributed by atoms with Crippen molar-refractivity contribution in [3.63, 3.8) is 0 Å². The quantitative estimate of drug-likeness (QED) is 0.682. The van der Waals surface area contributed by atoms with Gasteiger partial charge in [-0.3, -0.25) is 0 Å². The van der Waals surface area contributed by atoms with E-state index in [1.165, 1.54) is 15.6 Å². The Labute approximate surface area is 104 Å². The molecule has 1 heterocycles. The fourth-order valence-corrected chi connectivity index (χ4v) is 2.92. The van der Waals surface area contributed by atoms with Gasteiger partial charge in [-0.2, -0.15) is 0 Å². The van der Waals surface area contributed by atoms with E-state index in [0.29, 0.717) is 5.92 Å². The van der Waals surface area contributed by atoms with Crippen LogP contribution in [0.1, 0.15) is 76.9 Å². The van der Waals surface area contributed by atoms with E-state index < -0.39 is 0 Å². The molecular formula is C14H25NS. The molecule has 0 unspecified atom stereocenters. The van der Waals surface area contributed by atoms with Crippen LogP contribution < -0.4 is 0 Å². The van der Waals surface area contributed by atoms with Gasteiger partial charge in [-0.15, -0.1) is 11.3 Å². The van der Waals surface area contributed by atoms with Gasteiger partial charge in [0.1, 0.15) is 0 Å². The highest BCUT2D eigenvalue weighted by Gasteiger charge is 2.28. The van der Waals surface area contributed by atoms with Gasteiger partial charge in [0, 0.05) is 15.7 Å². The number of rotatable bonds is 1. The lowest BCUT2D eigenvalue weighted by molar-refractivity contribution is 0.540. The third-order valence-electron chi connectivity index (χ3n) is 2.53. The van der Waals surface area contributed by atoms with E-state index in [1.54, 1.807) is 0 Å². The topological polar surface area (TPSA) is 12.9 Å². The van der Waals surface area contributed by atoms with E-state index in [9.17, 15) is 0 Å². The van der Waals surface area contributed by atoms with Crippen LogP contribution in [0.15, 0.2) is 0 Å². The highest BCUT2D eigenvalue weighted by Crippen LogP contribution is 2.38. The van der Waals surface area contributed by atoms with E-state index >= 15 is 0 Å². The van der Waals surface area contributed by atoms with Crippen LogP contribution in [-0.2, 0) is 10.8 Å². The van der Waals surface area contributed by atoms with Gasteiger partial charge in [-0.05, 0) is 5.92 Å². The minimum Gasteiger partial charge on any atom is -0.245 e. The maximum Gasteiger partial charge on any atom is 0.0984 e. The Morgan fingerprint density at radius 2 is 1.44 bits per heavy atom. The molecule has 2 heteroatoms. The van der Waals surface area contributed by atoms with Crippen molar-refractivity contribution in [2.75, 3.05) is 0 Å². The summed E-state index contributed by atoms with van der Waals surface area (Å²) in [5.74, 6) is 0.572. The van der Waals surface area contributed by atoms with Crippen molar-refractivity contribution in [2.45, 2.75) is 72.1 Å². The van der Waals surface area contributed by atoms with Gasteiger partial charge >= 0.3 is 0 Å². The second-order valence-electron chi connectivity index (χ2n) is 6.89. The Morgan fingerprint density at radius 1 is 0.938 bits per heavy atom. The molecule has 0 amide bonds. The molecular weight excluding hydrogens is 214 g/mol. The molecule has 0 bridgehead atoms. The summed E-state index contributed by atoms with van der Waals surface area (Å²) >= 11 is 1.89. The van der Waals surface area contributed by atoms with E-state index in [0.717, 1.165) is 0 Å². The van der Waals surface area contributed by atoms with Crippen LogP contribution in [0.4, 0.5) is 0 Å². The number of hydrogen-bond donors (Lipinski definition) is 0. The average molecular weight is 239 g/mol. The summed E-state index contributed by atoms with van der Waals surface area (Å²) in [5.41, 5.74) is 1.61. The lowest BCUT2D eigenvalue weighted by Gasteiger charge is -2.19. The number of nitrogens with zero attached hydrogens (tertiary/aromatic N) is 1. The normalized spacial score (nSPS) is 13.6. The molecule has 0 radical (unpaired) electrons. The van der Waals surface area contributed by atoms with Crippen LogP contribution in [0.5, 0.6) is 0 Å². The molecule has 0 N–H and O–H groups in total. The summed E-state index contributed by atoms with van der Waals surface area (Å²) in [6.07, 6.45) is 0. The Kier molecular flexibility index (Phi) is 3.54. The van der Waals surface area contributed by atoms with Crippen molar-refractivity contribution < 1.29 is 0 Å². The van der Waals surface area contributed by atoms with Crippen molar-refractivity contribution in [1.29, 1.82) is 0 Å². The largest absolute Gasteiger partial charge is 0.245 e. The lowest BCUT2D eigenvalue weighted by Crippen LogP contribution is -2.16. The summed E-state index contributed by atoms with van der Waals surface area (Å²) in [7, 11) is 0. The van der Waals surface area contributed by atoms with Gasteiger partial charge in [0.15, 0.2) is 0 Å². The second-order valence-corrected chi connectivity index (χ2v) is 7.92. The molecule has 0 atom stereocenters. The maximum atomic E-state index is 4.89. The fraction of sp³-hybridized carbons (Fsp3) is 0.786. The molecule has 0 aliphatic heterocycles. The van der Waals surface area contributed by atoms with Crippen molar-refractivity contribution in [2.24, 2.45) is 0 Å². The van der Waals surface area contributed by atoms with E-state index in [2.05, 4.69) is 55.4 Å². The zero-order chi connectivity index (χ0) is 12.7. The summed E-state index contributed by atoms with van der Waals surface area (Å²) in [5, 5.41) is 1.26. The van der Waals surface area contributed by atoms with E-state index in [1.807, 2.05) is 11.3 Å². The Bertz CT molecular complexity index is 361. The molecule has 0 aliphatic carbocycles. The van der Waals surface area contributed by atoms with Gasteiger partial charge in [-0.25, -0.2) is 4.98 Å². The van der Waals surface area contributed by atoms with Crippen LogP contribution in [0, 0.1) is 0 Å². The first-order valence-electron chi connectivity index (χ1n) is 6.05. The van der Waals surface area contributed by atoms with Gasteiger partial charge in [0.25, 0.3) is 0 Å². The van der Waals surface area contributed by atoms with Crippen molar-refractivity contribution in [3.05, 3.63) is 15.6 Å². The Hall–Kier alpha value is -0.370. The highest BCUT2D eigenvalue weighted by molar-refractivity contribution is 7.12. The zero-order valence-corrected chi connectivity index (χ0v) is 12.7.